The van der Waals surface area contributed by atoms with E-state index in [4.69, 9.17) is 0 Å². The largest absolute Gasteiger partial charge is 0.229 e. The summed E-state index contributed by atoms with van der Waals surface area (Å²) in [6.07, 6.45) is 0.875. The summed E-state index contributed by atoms with van der Waals surface area (Å²) in [4.78, 5) is 0. The van der Waals surface area contributed by atoms with Crippen LogP contribution < -0.4 is 0 Å². The lowest BCUT2D eigenvalue weighted by atomic mass is 10.3. The van der Waals surface area contributed by atoms with E-state index in [2.05, 4.69) is 17.9 Å². The van der Waals surface area contributed by atoms with Crippen molar-refractivity contribution in [3.8, 4) is 0 Å². The van der Waals surface area contributed by atoms with Gasteiger partial charge in [-0.1, -0.05) is 15.3 Å². The Balaban J connectivity index is 2.74. The summed E-state index contributed by atoms with van der Waals surface area (Å²) in [7, 11) is 3.48. The van der Waals surface area contributed by atoms with Gasteiger partial charge in [-0.15, -0.1) is 17.9 Å². The van der Waals surface area contributed by atoms with Crippen LogP contribution in [0, 0.1) is 0 Å². The molecular weight excluding hydrogens is 248 g/mol. The minimum absolute atomic E-state index is 0.103. The van der Waals surface area contributed by atoms with E-state index < -0.39 is 9.84 Å². The zero-order chi connectivity index (χ0) is 9.35. The third-order valence-electron chi connectivity index (χ3n) is 2.31. The first-order valence-corrected chi connectivity index (χ1v) is 12.1. The molecule has 0 amide bonds. The first-order chi connectivity index (χ1) is 5.49. The Kier molecular flexibility index (Phi) is 4.36. The monoisotopic (exact) mass is 262 g/mol. The summed E-state index contributed by atoms with van der Waals surface area (Å²) in [5.74, 6) is 0.404. The summed E-state index contributed by atoms with van der Waals surface area (Å²) >= 11 is 0. The maximum absolute atomic E-state index is 11.4. The molecule has 0 saturated carbocycles. The van der Waals surface area contributed by atoms with Crippen molar-refractivity contribution in [3.05, 3.63) is 0 Å². The highest BCUT2D eigenvalue weighted by Crippen LogP contribution is 2.71. The van der Waals surface area contributed by atoms with Gasteiger partial charge in [-0.3, -0.25) is 0 Å². The molecule has 0 spiro atoms. The fourth-order valence-electron chi connectivity index (χ4n) is 1.41. The van der Waals surface area contributed by atoms with Crippen LogP contribution in [0.1, 0.15) is 13.3 Å². The molecule has 1 fully saturated rings. The molecule has 1 saturated heterocycles. The lowest BCUT2D eigenvalue weighted by Gasteiger charge is -2.20. The van der Waals surface area contributed by atoms with Crippen LogP contribution in [0.3, 0.4) is 0 Å². The average molecular weight is 262 g/mol. The second-order valence-electron chi connectivity index (χ2n) is 2.96. The molecule has 1 aliphatic heterocycles. The fraction of sp³-hybridized carbons (Fsp3) is 1.00. The van der Waals surface area contributed by atoms with E-state index in [0.29, 0.717) is 11.4 Å². The number of hydrogen-bond acceptors (Lipinski definition) is 2. The van der Waals surface area contributed by atoms with Gasteiger partial charge in [0.1, 0.15) is 0 Å². The van der Waals surface area contributed by atoms with Gasteiger partial charge in [-0.05, 0) is 13.3 Å². The maximum atomic E-state index is 11.4. The first kappa shape index (κ1) is 11.7. The first-order valence-electron chi connectivity index (χ1n) is 3.71. The standard InChI is InChI=1S/C5H14O2P4S/c1-4-5(11(9)10-8)2-3-12(4,6)7/h4-5,10H,2-3,8-9H2,1H3/t4-,5+,11?/m1/s1. The van der Waals surface area contributed by atoms with E-state index >= 15 is 0 Å². The second-order valence-corrected chi connectivity index (χ2v) is 15.0. The number of hydrogen-bond donors (Lipinski definition) is 0. The van der Waals surface area contributed by atoms with Gasteiger partial charge in [0.15, 0.2) is 9.84 Å². The topological polar surface area (TPSA) is 34.1 Å². The predicted molar refractivity (Wildman–Crippen MR) is 66.3 cm³/mol. The van der Waals surface area contributed by atoms with Crippen LogP contribution in [-0.2, 0) is 9.84 Å². The van der Waals surface area contributed by atoms with Gasteiger partial charge >= 0.3 is 0 Å². The molecule has 0 aliphatic carbocycles. The van der Waals surface area contributed by atoms with Gasteiger partial charge in [0, 0.05) is 5.66 Å². The molecule has 1 aliphatic rings. The Bertz CT molecular complexity index is 252. The van der Waals surface area contributed by atoms with Crippen molar-refractivity contribution in [3.63, 3.8) is 0 Å². The third-order valence-corrected chi connectivity index (χ3v) is 16.2. The van der Waals surface area contributed by atoms with Crippen LogP contribution in [0.25, 0.3) is 0 Å². The molecule has 6 atom stereocenters. The van der Waals surface area contributed by atoms with Crippen molar-refractivity contribution in [1.82, 2.24) is 0 Å². The Morgan fingerprint density at radius 2 is 2.17 bits per heavy atom. The maximum Gasteiger partial charge on any atom is 0.153 e. The van der Waals surface area contributed by atoms with Crippen molar-refractivity contribution in [1.29, 1.82) is 0 Å². The summed E-state index contributed by atoms with van der Waals surface area (Å²) in [6, 6.07) is 0. The van der Waals surface area contributed by atoms with Gasteiger partial charge in [0.25, 0.3) is 0 Å². The molecule has 0 N–H and O–H groups in total. The zero-order valence-electron chi connectivity index (χ0n) is 6.90. The molecule has 4 unspecified atom stereocenters. The lowest BCUT2D eigenvalue weighted by molar-refractivity contribution is 0.594. The van der Waals surface area contributed by atoms with Crippen LogP contribution in [0.4, 0.5) is 0 Å². The molecule has 0 aromatic rings. The highest BCUT2D eigenvalue weighted by molar-refractivity contribution is 8.61. The molecule has 7 heteroatoms. The van der Waals surface area contributed by atoms with E-state index in [9.17, 15) is 8.42 Å². The van der Waals surface area contributed by atoms with Gasteiger partial charge in [-0.25, -0.2) is 8.42 Å². The average Bonchev–Trinajstić information content (AvgIpc) is 2.27. The lowest BCUT2D eigenvalue weighted by Crippen LogP contribution is -2.19. The highest BCUT2D eigenvalue weighted by atomic mass is 32.6. The number of sulfone groups is 1. The molecule has 1 rings (SSSR count). The van der Waals surface area contributed by atoms with Crippen LogP contribution in [0.2, 0.25) is 0 Å². The van der Waals surface area contributed by atoms with Crippen molar-refractivity contribution in [2.45, 2.75) is 24.3 Å². The molecule has 72 valence electrons. The second kappa shape index (κ2) is 4.46. The fourth-order valence-corrected chi connectivity index (χ4v) is 10.4. The van der Waals surface area contributed by atoms with Crippen molar-refractivity contribution in [2.24, 2.45) is 0 Å². The molecule has 0 radical (unpaired) electrons. The molecular formula is C5H14O2P4S. The minimum atomic E-state index is -2.73. The summed E-state index contributed by atoms with van der Waals surface area (Å²) in [5, 5.41) is -0.103. The Hall–Kier alpha value is 1.67. The van der Waals surface area contributed by atoms with E-state index in [1.807, 2.05) is 6.92 Å². The van der Waals surface area contributed by atoms with E-state index in [0.717, 1.165) is 14.4 Å². The Morgan fingerprint density at radius 3 is 2.50 bits per heavy atom. The third kappa shape index (κ3) is 2.37. The van der Waals surface area contributed by atoms with Gasteiger partial charge in [0.05, 0.1) is 11.0 Å². The molecule has 0 aromatic heterocycles. The Labute approximate surface area is 81.6 Å². The molecule has 0 aromatic carbocycles. The van der Waals surface area contributed by atoms with Crippen molar-refractivity contribution < 1.29 is 8.42 Å². The quantitative estimate of drug-likeness (QED) is 0.715. The summed E-state index contributed by atoms with van der Waals surface area (Å²) in [6.45, 7) is 1.86. The SMILES string of the molecule is C[C@@H]1[C@@H](P(P)PP)CCS1(=O)=O. The number of rotatable bonds is 2. The Morgan fingerprint density at radius 1 is 1.58 bits per heavy atom. The van der Waals surface area contributed by atoms with Crippen LogP contribution >= 0.6 is 33.1 Å². The van der Waals surface area contributed by atoms with Crippen molar-refractivity contribution >= 4 is 43.0 Å². The van der Waals surface area contributed by atoms with Gasteiger partial charge in [0.2, 0.25) is 0 Å². The normalized spacial score (nSPS) is 37.6. The van der Waals surface area contributed by atoms with Crippen LogP contribution in [-0.4, -0.2) is 25.1 Å². The smallest absolute Gasteiger partial charge is 0.153 e. The van der Waals surface area contributed by atoms with E-state index in [-0.39, 0.29) is 12.5 Å². The van der Waals surface area contributed by atoms with E-state index in [1.54, 1.807) is 0 Å². The zero-order valence-corrected chi connectivity index (χ0v) is 11.9. The molecule has 0 bridgehead atoms. The summed E-state index contributed by atoms with van der Waals surface area (Å²) in [5.41, 5.74) is 0.422. The van der Waals surface area contributed by atoms with Crippen LogP contribution in [0.15, 0.2) is 0 Å². The predicted octanol–water partition coefficient (Wildman–Crippen LogP) is 2.22. The molecule has 12 heavy (non-hydrogen) atoms. The van der Waals surface area contributed by atoms with Crippen LogP contribution in [0.5, 0.6) is 0 Å². The van der Waals surface area contributed by atoms with Crippen molar-refractivity contribution in [2.75, 3.05) is 5.75 Å². The van der Waals surface area contributed by atoms with E-state index in [1.165, 1.54) is 0 Å². The van der Waals surface area contributed by atoms with Gasteiger partial charge < -0.3 is 0 Å². The minimum Gasteiger partial charge on any atom is -0.229 e. The van der Waals surface area contributed by atoms with Gasteiger partial charge in [-0.2, -0.15) is 0 Å². The molecule has 2 nitrogen and oxygen atoms in total. The summed E-state index contributed by atoms with van der Waals surface area (Å²) < 4.78 is 22.8. The molecule has 1 heterocycles. The highest BCUT2D eigenvalue weighted by Gasteiger charge is 2.38.